The molecular weight excluding hydrogens is 378 g/mol. The predicted molar refractivity (Wildman–Crippen MR) is 109 cm³/mol. The fourth-order valence-corrected chi connectivity index (χ4v) is 4.32. The number of hydrogen-bond acceptors (Lipinski definition) is 5. The van der Waals surface area contributed by atoms with Gasteiger partial charge in [0.1, 0.15) is 11.0 Å². The highest BCUT2D eigenvalue weighted by molar-refractivity contribution is 7.98. The molecule has 5 rings (SSSR count). The zero-order valence-electron chi connectivity index (χ0n) is 14.4. The molecule has 0 atom stereocenters. The van der Waals surface area contributed by atoms with Crippen molar-refractivity contribution in [1.82, 2.24) is 24.6 Å². The summed E-state index contributed by atoms with van der Waals surface area (Å²) >= 11 is 7.99. The van der Waals surface area contributed by atoms with Gasteiger partial charge in [-0.25, -0.2) is 15.0 Å². The minimum Gasteiger partial charge on any atom is -0.236 e. The van der Waals surface area contributed by atoms with Crippen LogP contribution >= 0.6 is 23.4 Å². The summed E-state index contributed by atoms with van der Waals surface area (Å²) in [7, 11) is 0. The predicted octanol–water partition coefficient (Wildman–Crippen LogP) is 5.08. The second-order valence-electron chi connectivity index (χ2n) is 6.23. The summed E-state index contributed by atoms with van der Waals surface area (Å²) in [6.45, 7) is 1.89. The second-order valence-corrected chi connectivity index (χ2v) is 7.53. The van der Waals surface area contributed by atoms with Gasteiger partial charge in [0.15, 0.2) is 10.8 Å². The molecule has 0 spiro atoms. The van der Waals surface area contributed by atoms with E-state index < -0.39 is 0 Å². The maximum Gasteiger partial charge on any atom is 0.191 e. The van der Waals surface area contributed by atoms with E-state index in [1.165, 1.54) is 0 Å². The van der Waals surface area contributed by atoms with Crippen LogP contribution in [0.4, 0.5) is 0 Å². The van der Waals surface area contributed by atoms with Gasteiger partial charge in [-0.15, -0.1) is 5.10 Å². The van der Waals surface area contributed by atoms with Gasteiger partial charge in [0, 0.05) is 22.1 Å². The van der Waals surface area contributed by atoms with E-state index in [9.17, 15) is 0 Å². The highest BCUT2D eigenvalue weighted by Crippen LogP contribution is 2.29. The maximum atomic E-state index is 6.41. The van der Waals surface area contributed by atoms with Gasteiger partial charge in [-0.05, 0) is 31.2 Å². The van der Waals surface area contributed by atoms with E-state index in [1.807, 2.05) is 60.0 Å². The standard InChI is InChI=1S/C20H14ClN5S/c1-12-22-19-15-7-3-5-9-17(15)24-20(26(19)25-12)27-11-14-10-13-6-2-4-8-16(13)23-18(14)21/h2-10H,11H2,1H3. The molecule has 27 heavy (non-hydrogen) atoms. The summed E-state index contributed by atoms with van der Waals surface area (Å²) < 4.78 is 1.81. The molecule has 0 radical (unpaired) electrons. The van der Waals surface area contributed by atoms with Crippen molar-refractivity contribution in [3.63, 3.8) is 0 Å². The molecule has 132 valence electrons. The molecule has 7 heteroatoms. The van der Waals surface area contributed by atoms with E-state index in [-0.39, 0.29) is 0 Å². The quantitative estimate of drug-likeness (QED) is 0.244. The van der Waals surface area contributed by atoms with Crippen LogP contribution in [-0.4, -0.2) is 24.6 Å². The molecule has 3 heterocycles. The molecule has 0 saturated heterocycles. The van der Waals surface area contributed by atoms with Crippen molar-refractivity contribution in [2.45, 2.75) is 17.8 Å². The fraction of sp³-hybridized carbons (Fsp3) is 0.100. The lowest BCUT2D eigenvalue weighted by molar-refractivity contribution is 0.797. The molecule has 0 aliphatic heterocycles. The number of aryl methyl sites for hydroxylation is 1. The van der Waals surface area contributed by atoms with Crippen LogP contribution in [-0.2, 0) is 5.75 Å². The molecule has 0 unspecified atom stereocenters. The summed E-state index contributed by atoms with van der Waals surface area (Å²) in [5, 5.41) is 7.90. The molecule has 0 amide bonds. The molecule has 5 nitrogen and oxygen atoms in total. The lowest BCUT2D eigenvalue weighted by atomic mass is 10.2. The van der Waals surface area contributed by atoms with Gasteiger partial charge >= 0.3 is 0 Å². The highest BCUT2D eigenvalue weighted by atomic mass is 35.5. The van der Waals surface area contributed by atoms with Crippen LogP contribution in [0.1, 0.15) is 11.4 Å². The van der Waals surface area contributed by atoms with Gasteiger partial charge in [-0.2, -0.15) is 4.52 Å². The van der Waals surface area contributed by atoms with Crippen LogP contribution in [0.5, 0.6) is 0 Å². The molecule has 0 N–H and O–H groups in total. The first-order valence-electron chi connectivity index (χ1n) is 8.48. The number of aromatic nitrogens is 5. The summed E-state index contributed by atoms with van der Waals surface area (Å²) in [6, 6.07) is 18.0. The topological polar surface area (TPSA) is 56.0 Å². The Morgan fingerprint density at radius 2 is 1.74 bits per heavy atom. The van der Waals surface area contributed by atoms with Crippen molar-refractivity contribution >= 4 is 50.8 Å². The van der Waals surface area contributed by atoms with E-state index in [1.54, 1.807) is 11.8 Å². The van der Waals surface area contributed by atoms with Gasteiger partial charge < -0.3 is 0 Å². The molecule has 0 aliphatic carbocycles. The van der Waals surface area contributed by atoms with Crippen molar-refractivity contribution in [2.24, 2.45) is 0 Å². The summed E-state index contributed by atoms with van der Waals surface area (Å²) in [5.41, 5.74) is 3.60. The molecule has 5 aromatic rings. The first-order valence-corrected chi connectivity index (χ1v) is 9.84. The van der Waals surface area contributed by atoms with Crippen LogP contribution in [0, 0.1) is 6.92 Å². The van der Waals surface area contributed by atoms with Gasteiger partial charge in [0.05, 0.1) is 11.0 Å². The number of benzene rings is 2. The van der Waals surface area contributed by atoms with E-state index in [0.717, 1.165) is 44.0 Å². The Kier molecular flexibility index (Phi) is 3.95. The average molecular weight is 392 g/mol. The van der Waals surface area contributed by atoms with Crippen LogP contribution in [0.2, 0.25) is 5.15 Å². The zero-order chi connectivity index (χ0) is 18.4. The molecule has 0 aliphatic rings. The number of thioether (sulfide) groups is 1. The van der Waals surface area contributed by atoms with Crippen LogP contribution < -0.4 is 0 Å². The van der Waals surface area contributed by atoms with Crippen molar-refractivity contribution in [1.29, 1.82) is 0 Å². The van der Waals surface area contributed by atoms with Crippen molar-refractivity contribution in [2.75, 3.05) is 0 Å². The highest BCUT2D eigenvalue weighted by Gasteiger charge is 2.13. The monoisotopic (exact) mass is 391 g/mol. The fourth-order valence-electron chi connectivity index (χ4n) is 3.11. The normalized spacial score (nSPS) is 11.6. The maximum absolute atomic E-state index is 6.41. The van der Waals surface area contributed by atoms with Gasteiger partial charge in [0.2, 0.25) is 0 Å². The first kappa shape index (κ1) is 16.5. The minimum atomic E-state index is 0.521. The number of pyridine rings is 1. The average Bonchev–Trinajstić information content (AvgIpc) is 3.08. The van der Waals surface area contributed by atoms with Crippen molar-refractivity contribution in [3.05, 3.63) is 71.1 Å². The third kappa shape index (κ3) is 2.91. The molecule has 0 fully saturated rings. The molecule has 0 saturated carbocycles. The lowest BCUT2D eigenvalue weighted by Crippen LogP contribution is -1.99. The SMILES string of the molecule is Cc1nc2c3ccccc3nc(SCc3cc4ccccc4nc3Cl)n2n1. The third-order valence-corrected chi connectivity index (χ3v) is 5.67. The minimum absolute atomic E-state index is 0.521. The van der Waals surface area contributed by atoms with Gasteiger partial charge in [-0.1, -0.05) is 53.7 Å². The number of hydrogen-bond donors (Lipinski definition) is 0. The summed E-state index contributed by atoms with van der Waals surface area (Å²) in [4.78, 5) is 13.9. The summed E-state index contributed by atoms with van der Waals surface area (Å²) in [5.74, 6) is 1.37. The van der Waals surface area contributed by atoms with E-state index >= 15 is 0 Å². The van der Waals surface area contributed by atoms with Crippen molar-refractivity contribution < 1.29 is 0 Å². The smallest absolute Gasteiger partial charge is 0.191 e. The van der Waals surface area contributed by atoms with Crippen molar-refractivity contribution in [3.8, 4) is 0 Å². The number of nitrogens with zero attached hydrogens (tertiary/aromatic N) is 5. The van der Waals surface area contributed by atoms with Crippen LogP contribution in [0.3, 0.4) is 0 Å². The number of halogens is 1. The van der Waals surface area contributed by atoms with Gasteiger partial charge in [-0.3, -0.25) is 0 Å². The largest absolute Gasteiger partial charge is 0.236 e. The Bertz CT molecular complexity index is 1310. The summed E-state index contributed by atoms with van der Waals surface area (Å²) in [6.07, 6.45) is 0. The van der Waals surface area contributed by atoms with E-state index in [4.69, 9.17) is 16.6 Å². The van der Waals surface area contributed by atoms with E-state index in [0.29, 0.717) is 10.9 Å². The Morgan fingerprint density at radius 3 is 2.63 bits per heavy atom. The second kappa shape index (κ2) is 6.48. The lowest BCUT2D eigenvalue weighted by Gasteiger charge is -2.08. The number of rotatable bonds is 3. The Balaban J connectivity index is 1.57. The Morgan fingerprint density at radius 1 is 0.963 bits per heavy atom. The van der Waals surface area contributed by atoms with Gasteiger partial charge in [0.25, 0.3) is 0 Å². The van der Waals surface area contributed by atoms with E-state index in [2.05, 4.69) is 21.1 Å². The third-order valence-electron chi connectivity index (χ3n) is 4.36. The zero-order valence-corrected chi connectivity index (χ0v) is 16.0. The van der Waals surface area contributed by atoms with Crippen LogP contribution in [0.25, 0.3) is 27.5 Å². The molecule has 3 aromatic heterocycles. The molecular formula is C20H14ClN5S. The number of para-hydroxylation sites is 2. The Labute approximate surface area is 164 Å². The first-order chi connectivity index (χ1) is 13.2. The molecule has 0 bridgehead atoms. The Hall–Kier alpha value is -2.70. The number of fused-ring (bicyclic) bond motifs is 4. The van der Waals surface area contributed by atoms with Crippen LogP contribution in [0.15, 0.2) is 59.8 Å². The molecule has 2 aromatic carbocycles.